The fourth-order valence-corrected chi connectivity index (χ4v) is 1.90. The van der Waals surface area contributed by atoms with Crippen LogP contribution in [0.15, 0.2) is 45.9 Å². The first-order valence-electron chi connectivity index (χ1n) is 5.88. The predicted octanol–water partition coefficient (Wildman–Crippen LogP) is 2.73. The highest BCUT2D eigenvalue weighted by Crippen LogP contribution is 2.16. The van der Waals surface area contributed by atoms with Crippen LogP contribution < -0.4 is 0 Å². The van der Waals surface area contributed by atoms with Crippen LogP contribution in [0.3, 0.4) is 0 Å². The molecule has 7 heteroatoms. The van der Waals surface area contributed by atoms with Gasteiger partial charge in [0.25, 0.3) is 0 Å². The molecule has 0 unspecified atom stereocenters. The van der Waals surface area contributed by atoms with Gasteiger partial charge in [-0.25, -0.2) is 9.66 Å². The van der Waals surface area contributed by atoms with Crippen molar-refractivity contribution in [3.8, 4) is 0 Å². The van der Waals surface area contributed by atoms with Gasteiger partial charge in [0.1, 0.15) is 10.7 Å². The van der Waals surface area contributed by atoms with Crippen LogP contribution in [0.1, 0.15) is 11.6 Å². The topological polar surface area (TPSA) is 86.5 Å². The molecular formula is C13H10N4O3. The number of nitrogens with zero attached hydrogens (tertiary/aromatic N) is 4. The monoisotopic (exact) mass is 270 g/mol. The number of hydrogen-bond acceptors (Lipinski definition) is 5. The van der Waals surface area contributed by atoms with E-state index in [1.165, 1.54) is 18.3 Å². The molecule has 20 heavy (non-hydrogen) atoms. The summed E-state index contributed by atoms with van der Waals surface area (Å²) in [5.41, 5.74) is 1.70. The van der Waals surface area contributed by atoms with E-state index in [0.29, 0.717) is 5.76 Å². The van der Waals surface area contributed by atoms with Gasteiger partial charge >= 0.3 is 5.88 Å². The van der Waals surface area contributed by atoms with Gasteiger partial charge in [-0.1, -0.05) is 12.1 Å². The standard InChI is InChI=1S/C13H10N4O3/c1-9-15-11-4-2-3-5-12(11)16(9)14-8-10-6-7-13(20-10)17(18)19/h2-8H,1H3/b14-8+. The molecule has 0 amide bonds. The maximum atomic E-state index is 10.5. The van der Waals surface area contributed by atoms with Crippen LogP contribution in [0.2, 0.25) is 0 Å². The summed E-state index contributed by atoms with van der Waals surface area (Å²) in [7, 11) is 0. The minimum Gasteiger partial charge on any atom is -0.400 e. The molecule has 0 saturated heterocycles. The van der Waals surface area contributed by atoms with Crippen molar-refractivity contribution in [3.05, 3.63) is 58.1 Å². The van der Waals surface area contributed by atoms with Crippen molar-refractivity contribution >= 4 is 23.1 Å². The molecule has 1 aromatic carbocycles. The highest BCUT2D eigenvalue weighted by Gasteiger charge is 2.10. The lowest BCUT2D eigenvalue weighted by Gasteiger charge is -1.96. The molecule has 0 spiro atoms. The Morgan fingerprint density at radius 3 is 2.90 bits per heavy atom. The van der Waals surface area contributed by atoms with Gasteiger partial charge in [0.2, 0.25) is 0 Å². The van der Waals surface area contributed by atoms with Gasteiger partial charge in [-0.3, -0.25) is 10.1 Å². The molecule has 3 aromatic rings. The molecule has 0 radical (unpaired) electrons. The molecule has 0 fully saturated rings. The van der Waals surface area contributed by atoms with Crippen LogP contribution in [0.25, 0.3) is 11.0 Å². The van der Waals surface area contributed by atoms with E-state index in [9.17, 15) is 10.1 Å². The Bertz CT molecular complexity index is 816. The first kappa shape index (κ1) is 12.1. The van der Waals surface area contributed by atoms with Crippen LogP contribution >= 0.6 is 0 Å². The summed E-state index contributed by atoms with van der Waals surface area (Å²) in [6, 6.07) is 10.4. The van der Waals surface area contributed by atoms with Crippen LogP contribution in [0.5, 0.6) is 0 Å². The third-order valence-corrected chi connectivity index (χ3v) is 2.79. The van der Waals surface area contributed by atoms with Gasteiger partial charge in [-0.05, 0) is 25.1 Å². The van der Waals surface area contributed by atoms with E-state index in [0.717, 1.165) is 16.9 Å². The molecule has 0 aliphatic carbocycles. The molecule has 0 aliphatic rings. The molecule has 2 heterocycles. The lowest BCUT2D eigenvalue weighted by atomic mass is 10.3. The van der Waals surface area contributed by atoms with Gasteiger partial charge in [-0.2, -0.15) is 5.10 Å². The molecule has 0 aliphatic heterocycles. The quantitative estimate of drug-likeness (QED) is 0.416. The maximum absolute atomic E-state index is 10.5. The van der Waals surface area contributed by atoms with Crippen LogP contribution in [0.4, 0.5) is 5.88 Å². The van der Waals surface area contributed by atoms with Crippen molar-refractivity contribution in [2.24, 2.45) is 5.10 Å². The number of fused-ring (bicyclic) bond motifs is 1. The Hall–Kier alpha value is -2.96. The minimum absolute atomic E-state index is 0.307. The van der Waals surface area contributed by atoms with Crippen molar-refractivity contribution < 1.29 is 9.34 Å². The van der Waals surface area contributed by atoms with Crippen LogP contribution in [0, 0.1) is 17.0 Å². The lowest BCUT2D eigenvalue weighted by molar-refractivity contribution is -0.402. The fraction of sp³-hybridized carbons (Fsp3) is 0.0769. The number of imidazole rings is 1. The summed E-state index contributed by atoms with van der Waals surface area (Å²) < 4.78 is 6.67. The number of aromatic nitrogens is 2. The van der Waals surface area contributed by atoms with Crippen molar-refractivity contribution in [1.29, 1.82) is 0 Å². The SMILES string of the molecule is Cc1nc2ccccc2n1/N=C/c1ccc([N+](=O)[O-])o1. The van der Waals surface area contributed by atoms with E-state index in [-0.39, 0.29) is 5.88 Å². The summed E-state index contributed by atoms with van der Waals surface area (Å²) in [6.45, 7) is 1.84. The smallest absolute Gasteiger partial charge is 0.400 e. The van der Waals surface area contributed by atoms with Gasteiger partial charge in [0, 0.05) is 0 Å². The Balaban J connectivity index is 1.97. The highest BCUT2D eigenvalue weighted by molar-refractivity contribution is 5.79. The van der Waals surface area contributed by atoms with Crippen molar-refractivity contribution in [1.82, 2.24) is 9.66 Å². The summed E-state index contributed by atoms with van der Waals surface area (Å²) in [6.07, 6.45) is 1.42. The van der Waals surface area contributed by atoms with Gasteiger partial charge < -0.3 is 4.42 Å². The summed E-state index contributed by atoms with van der Waals surface area (Å²) >= 11 is 0. The number of para-hydroxylation sites is 2. The number of aryl methyl sites for hydroxylation is 1. The predicted molar refractivity (Wildman–Crippen MR) is 72.8 cm³/mol. The van der Waals surface area contributed by atoms with E-state index >= 15 is 0 Å². The molecule has 7 nitrogen and oxygen atoms in total. The second-order valence-corrected chi connectivity index (χ2v) is 4.14. The van der Waals surface area contributed by atoms with E-state index in [2.05, 4.69) is 10.1 Å². The number of rotatable bonds is 3. The Morgan fingerprint density at radius 2 is 2.15 bits per heavy atom. The zero-order chi connectivity index (χ0) is 14.1. The Morgan fingerprint density at radius 1 is 1.35 bits per heavy atom. The van der Waals surface area contributed by atoms with Crippen LogP contribution in [-0.2, 0) is 0 Å². The number of hydrogen-bond donors (Lipinski definition) is 0. The first-order valence-corrected chi connectivity index (χ1v) is 5.88. The molecule has 3 rings (SSSR count). The second kappa shape index (κ2) is 4.61. The molecule has 0 saturated carbocycles. The average molecular weight is 270 g/mol. The Labute approximate surface area is 113 Å². The van der Waals surface area contributed by atoms with E-state index in [4.69, 9.17) is 4.42 Å². The van der Waals surface area contributed by atoms with Gasteiger partial charge in [0.05, 0.1) is 23.3 Å². The molecule has 100 valence electrons. The molecule has 0 atom stereocenters. The van der Waals surface area contributed by atoms with E-state index in [1.54, 1.807) is 4.68 Å². The van der Waals surface area contributed by atoms with Crippen molar-refractivity contribution in [2.45, 2.75) is 6.92 Å². The van der Waals surface area contributed by atoms with Crippen molar-refractivity contribution in [3.63, 3.8) is 0 Å². The van der Waals surface area contributed by atoms with Gasteiger partial charge in [-0.15, -0.1) is 0 Å². The lowest BCUT2D eigenvalue weighted by Crippen LogP contribution is -1.92. The molecule has 0 bridgehead atoms. The first-order chi connectivity index (χ1) is 9.65. The third kappa shape index (κ3) is 2.05. The third-order valence-electron chi connectivity index (χ3n) is 2.79. The maximum Gasteiger partial charge on any atom is 0.433 e. The van der Waals surface area contributed by atoms with E-state index < -0.39 is 4.92 Å². The number of furan rings is 1. The van der Waals surface area contributed by atoms with Crippen LogP contribution in [-0.4, -0.2) is 20.8 Å². The normalized spacial score (nSPS) is 11.4. The summed E-state index contributed by atoms with van der Waals surface area (Å²) in [4.78, 5) is 14.3. The average Bonchev–Trinajstić information content (AvgIpc) is 3.00. The zero-order valence-corrected chi connectivity index (χ0v) is 10.6. The molecular weight excluding hydrogens is 260 g/mol. The summed E-state index contributed by atoms with van der Waals surface area (Å²) in [5, 5.41) is 14.8. The number of nitro groups is 1. The van der Waals surface area contributed by atoms with Gasteiger partial charge in [0.15, 0.2) is 5.76 Å². The molecule has 0 N–H and O–H groups in total. The minimum atomic E-state index is -0.588. The summed E-state index contributed by atoms with van der Waals surface area (Å²) in [5.74, 6) is 0.732. The van der Waals surface area contributed by atoms with E-state index in [1.807, 2.05) is 31.2 Å². The van der Waals surface area contributed by atoms with Crippen molar-refractivity contribution in [2.75, 3.05) is 0 Å². The second-order valence-electron chi connectivity index (χ2n) is 4.14. The molecule has 2 aromatic heterocycles. The Kier molecular flexibility index (Phi) is 2.79. The largest absolute Gasteiger partial charge is 0.433 e. The zero-order valence-electron chi connectivity index (χ0n) is 10.6. The fourth-order valence-electron chi connectivity index (χ4n) is 1.90. The highest BCUT2D eigenvalue weighted by atomic mass is 16.6. The number of benzene rings is 1.